The third-order valence-electron chi connectivity index (χ3n) is 3.65. The van der Waals surface area contributed by atoms with Crippen LogP contribution in [0.5, 0.6) is 5.75 Å². The second kappa shape index (κ2) is 7.13. The van der Waals surface area contributed by atoms with Gasteiger partial charge in [-0.25, -0.2) is 13.1 Å². The number of benzene rings is 1. The van der Waals surface area contributed by atoms with Crippen LogP contribution in [0, 0.1) is 12.8 Å². The molecule has 0 aliphatic carbocycles. The number of aryl methyl sites for hydroxylation is 1. The first kappa shape index (κ1) is 17.8. The number of rotatable bonds is 7. The van der Waals surface area contributed by atoms with Crippen molar-refractivity contribution < 1.29 is 13.2 Å². The van der Waals surface area contributed by atoms with Crippen molar-refractivity contribution in [2.24, 2.45) is 5.92 Å². The van der Waals surface area contributed by atoms with Crippen LogP contribution in [0.3, 0.4) is 0 Å². The van der Waals surface area contributed by atoms with Gasteiger partial charge in [-0.3, -0.25) is 0 Å². The van der Waals surface area contributed by atoms with Crippen LogP contribution in [0.1, 0.15) is 39.2 Å². The Morgan fingerprint density at radius 1 is 1.33 bits per heavy atom. The first-order chi connectivity index (χ1) is 9.71. The van der Waals surface area contributed by atoms with Crippen molar-refractivity contribution in [3.05, 3.63) is 17.7 Å². The van der Waals surface area contributed by atoms with Gasteiger partial charge >= 0.3 is 0 Å². The molecule has 0 spiro atoms. The number of methoxy groups -OCH3 is 1. The van der Waals surface area contributed by atoms with Crippen LogP contribution >= 0.6 is 0 Å². The van der Waals surface area contributed by atoms with E-state index in [-0.39, 0.29) is 10.9 Å². The Kier molecular flexibility index (Phi) is 6.04. The summed E-state index contributed by atoms with van der Waals surface area (Å²) in [6.07, 6.45) is 1.81. The van der Waals surface area contributed by atoms with Crippen molar-refractivity contribution in [1.29, 1.82) is 0 Å². The molecule has 0 aromatic heterocycles. The molecule has 120 valence electrons. The second-order valence-corrected chi connectivity index (χ2v) is 7.31. The van der Waals surface area contributed by atoms with Crippen LogP contribution in [0.15, 0.2) is 17.0 Å². The number of ether oxygens (including phenoxy) is 1. The quantitative estimate of drug-likeness (QED) is 0.758. The summed E-state index contributed by atoms with van der Waals surface area (Å²) in [5, 5.41) is 0. The maximum atomic E-state index is 12.5. The Bertz CT molecular complexity index is 585. The molecular weight excluding hydrogens is 288 g/mol. The zero-order chi connectivity index (χ0) is 16.2. The maximum Gasteiger partial charge on any atom is 0.244 e. The van der Waals surface area contributed by atoms with Crippen molar-refractivity contribution in [2.75, 3.05) is 12.8 Å². The van der Waals surface area contributed by atoms with Crippen LogP contribution in [0.2, 0.25) is 0 Å². The van der Waals surface area contributed by atoms with Gasteiger partial charge < -0.3 is 10.5 Å². The lowest BCUT2D eigenvalue weighted by molar-refractivity contribution is 0.400. The molecule has 0 saturated carbocycles. The lowest BCUT2D eigenvalue weighted by Crippen LogP contribution is -2.34. The summed E-state index contributed by atoms with van der Waals surface area (Å²) in [5.74, 6) is 0.776. The van der Waals surface area contributed by atoms with E-state index in [1.54, 1.807) is 6.07 Å². The first-order valence-corrected chi connectivity index (χ1v) is 8.66. The van der Waals surface area contributed by atoms with Gasteiger partial charge in [-0.15, -0.1) is 0 Å². The van der Waals surface area contributed by atoms with Gasteiger partial charge in [0.2, 0.25) is 10.0 Å². The van der Waals surface area contributed by atoms with Crippen LogP contribution in [-0.2, 0) is 10.0 Å². The van der Waals surface area contributed by atoms with Gasteiger partial charge in [0, 0.05) is 11.7 Å². The molecule has 0 bridgehead atoms. The number of nitrogens with two attached hydrogens (primary N) is 1. The maximum absolute atomic E-state index is 12.5. The van der Waals surface area contributed by atoms with Gasteiger partial charge in [-0.05, 0) is 43.9 Å². The van der Waals surface area contributed by atoms with Crippen molar-refractivity contribution in [1.82, 2.24) is 4.72 Å². The minimum Gasteiger partial charge on any atom is -0.495 e. The molecule has 2 unspecified atom stereocenters. The monoisotopic (exact) mass is 314 g/mol. The molecule has 0 aliphatic rings. The molecule has 0 aliphatic heterocycles. The molecule has 0 heterocycles. The molecule has 0 radical (unpaired) electrons. The molecule has 5 nitrogen and oxygen atoms in total. The Hall–Kier alpha value is -1.27. The highest BCUT2D eigenvalue weighted by Crippen LogP contribution is 2.29. The van der Waals surface area contributed by atoms with Crippen LogP contribution in [0.25, 0.3) is 0 Å². The Labute approximate surface area is 127 Å². The van der Waals surface area contributed by atoms with Crippen LogP contribution in [-0.4, -0.2) is 21.6 Å². The lowest BCUT2D eigenvalue weighted by Gasteiger charge is -2.19. The van der Waals surface area contributed by atoms with E-state index < -0.39 is 10.0 Å². The van der Waals surface area contributed by atoms with Crippen molar-refractivity contribution in [3.63, 3.8) is 0 Å². The topological polar surface area (TPSA) is 81.4 Å². The van der Waals surface area contributed by atoms with Gasteiger partial charge in [0.15, 0.2) is 0 Å². The highest BCUT2D eigenvalue weighted by Gasteiger charge is 2.23. The Balaban J connectivity index is 3.05. The molecule has 21 heavy (non-hydrogen) atoms. The SMILES string of the molecule is CCC(C)CC(C)NS(=O)(=O)c1cc(N)c(C)cc1OC. The van der Waals surface area contributed by atoms with Crippen molar-refractivity contribution in [2.45, 2.75) is 51.5 Å². The summed E-state index contributed by atoms with van der Waals surface area (Å²) in [7, 11) is -2.20. The standard InChI is InChI=1S/C15H26N2O3S/c1-6-10(2)7-12(4)17-21(18,19)15-9-13(16)11(3)8-14(15)20-5/h8-10,12,17H,6-7,16H2,1-5H3. The number of anilines is 1. The van der Waals surface area contributed by atoms with Gasteiger partial charge in [0.25, 0.3) is 0 Å². The molecular formula is C15H26N2O3S. The van der Waals surface area contributed by atoms with E-state index >= 15 is 0 Å². The third kappa shape index (κ3) is 4.61. The van der Waals surface area contributed by atoms with Gasteiger partial charge in [-0.1, -0.05) is 20.3 Å². The zero-order valence-corrected chi connectivity index (χ0v) is 14.3. The van der Waals surface area contributed by atoms with E-state index in [1.807, 2.05) is 13.8 Å². The number of hydrogen-bond donors (Lipinski definition) is 2. The summed E-state index contributed by atoms with van der Waals surface area (Å²) >= 11 is 0. The summed E-state index contributed by atoms with van der Waals surface area (Å²) in [6, 6.07) is 2.95. The molecule has 1 aromatic rings. The van der Waals surface area contributed by atoms with E-state index in [9.17, 15) is 8.42 Å². The van der Waals surface area contributed by atoms with Crippen molar-refractivity contribution >= 4 is 15.7 Å². The third-order valence-corrected chi connectivity index (χ3v) is 5.26. The lowest BCUT2D eigenvalue weighted by atomic mass is 10.0. The molecule has 2 atom stereocenters. The van der Waals surface area contributed by atoms with Gasteiger partial charge in [0.1, 0.15) is 10.6 Å². The van der Waals surface area contributed by atoms with Crippen molar-refractivity contribution in [3.8, 4) is 5.75 Å². The molecule has 0 amide bonds. The molecule has 1 rings (SSSR count). The summed E-state index contributed by atoms with van der Waals surface area (Å²) in [6.45, 7) is 7.88. The number of hydrogen-bond acceptors (Lipinski definition) is 4. The van der Waals surface area contributed by atoms with E-state index in [0.717, 1.165) is 18.4 Å². The summed E-state index contributed by atoms with van der Waals surface area (Å²) in [4.78, 5) is 0.0871. The average Bonchev–Trinajstić information content (AvgIpc) is 2.40. The number of nitrogens with one attached hydrogen (secondary N) is 1. The number of nitrogen functional groups attached to an aromatic ring is 1. The highest BCUT2D eigenvalue weighted by atomic mass is 32.2. The molecule has 0 fully saturated rings. The molecule has 6 heteroatoms. The molecule has 3 N–H and O–H groups in total. The fourth-order valence-corrected chi connectivity index (χ4v) is 3.64. The first-order valence-electron chi connectivity index (χ1n) is 7.17. The minimum absolute atomic E-state index is 0.0871. The second-order valence-electron chi connectivity index (χ2n) is 5.63. The van der Waals surface area contributed by atoms with E-state index in [0.29, 0.717) is 17.4 Å². The number of sulfonamides is 1. The van der Waals surface area contributed by atoms with E-state index in [4.69, 9.17) is 10.5 Å². The largest absolute Gasteiger partial charge is 0.495 e. The predicted molar refractivity (Wildman–Crippen MR) is 86.0 cm³/mol. The Morgan fingerprint density at radius 3 is 2.48 bits per heavy atom. The average molecular weight is 314 g/mol. The normalized spacial score (nSPS) is 14.7. The fraction of sp³-hybridized carbons (Fsp3) is 0.600. The van der Waals surface area contributed by atoms with Gasteiger partial charge in [-0.2, -0.15) is 0 Å². The minimum atomic E-state index is -3.65. The summed E-state index contributed by atoms with van der Waals surface area (Å²) < 4.78 is 32.9. The Morgan fingerprint density at radius 2 is 1.95 bits per heavy atom. The summed E-state index contributed by atoms with van der Waals surface area (Å²) in [5.41, 5.74) is 7.05. The smallest absolute Gasteiger partial charge is 0.244 e. The van der Waals surface area contributed by atoms with E-state index in [1.165, 1.54) is 13.2 Å². The zero-order valence-electron chi connectivity index (χ0n) is 13.4. The molecule has 1 aromatic carbocycles. The predicted octanol–water partition coefficient (Wildman–Crippen LogP) is 2.69. The van der Waals surface area contributed by atoms with Crippen LogP contribution < -0.4 is 15.2 Å². The van der Waals surface area contributed by atoms with Gasteiger partial charge in [0.05, 0.1) is 7.11 Å². The molecule has 0 saturated heterocycles. The highest BCUT2D eigenvalue weighted by molar-refractivity contribution is 7.89. The van der Waals surface area contributed by atoms with Crippen LogP contribution in [0.4, 0.5) is 5.69 Å². The van der Waals surface area contributed by atoms with E-state index in [2.05, 4.69) is 18.6 Å². The fourth-order valence-electron chi connectivity index (χ4n) is 2.19.